The number of nitro groups is 1. The summed E-state index contributed by atoms with van der Waals surface area (Å²) in [4.78, 5) is 44.4. The van der Waals surface area contributed by atoms with Crippen LogP contribution >= 0.6 is 11.3 Å². The number of fused-ring (bicyclic) bond motifs is 2. The summed E-state index contributed by atoms with van der Waals surface area (Å²) in [7, 11) is 0. The maximum absolute atomic E-state index is 12.8. The molecule has 0 fully saturated rings. The normalized spacial score (nSPS) is 10.9. The summed E-state index contributed by atoms with van der Waals surface area (Å²) in [6.45, 7) is -0.540. The molecule has 0 unspecified atom stereocenters. The van der Waals surface area contributed by atoms with Crippen LogP contribution in [0, 0.1) is 10.1 Å². The van der Waals surface area contributed by atoms with Crippen LogP contribution < -0.4 is 5.32 Å². The number of thiazole rings is 1. The number of nitro benzene ring substituents is 1. The van der Waals surface area contributed by atoms with E-state index in [9.17, 15) is 19.7 Å². The van der Waals surface area contributed by atoms with Crippen molar-refractivity contribution in [2.45, 2.75) is 0 Å². The molecule has 10 nitrogen and oxygen atoms in total. The summed E-state index contributed by atoms with van der Waals surface area (Å²) in [6, 6.07) is 16.3. The first-order chi connectivity index (χ1) is 16.5. The minimum atomic E-state index is -0.693. The van der Waals surface area contributed by atoms with Gasteiger partial charge >= 0.3 is 5.97 Å². The number of ether oxygens (including phenoxy) is 1. The average molecular weight is 474 g/mol. The lowest BCUT2D eigenvalue weighted by Gasteiger charge is -2.09. The predicted octanol–water partition coefficient (Wildman–Crippen LogP) is 4.81. The number of para-hydroxylation sites is 1. The smallest absolute Gasteiger partial charge is 0.339 e. The number of nitrogens with one attached hydrogen (secondary N) is 1. The first-order valence-corrected chi connectivity index (χ1v) is 10.8. The van der Waals surface area contributed by atoms with Crippen LogP contribution in [0.2, 0.25) is 0 Å². The minimum absolute atomic E-state index is 0.0681. The number of furan rings is 1. The average Bonchev–Trinajstić information content (AvgIpc) is 3.51. The summed E-state index contributed by atoms with van der Waals surface area (Å²) < 4.78 is 11.2. The Hall–Kier alpha value is -4.64. The van der Waals surface area contributed by atoms with E-state index in [1.54, 1.807) is 42.5 Å². The Morgan fingerprint density at radius 2 is 1.91 bits per heavy atom. The second-order valence-corrected chi connectivity index (χ2v) is 8.13. The van der Waals surface area contributed by atoms with Crippen molar-refractivity contribution in [3.8, 4) is 11.5 Å². The highest BCUT2D eigenvalue weighted by Gasteiger charge is 2.18. The van der Waals surface area contributed by atoms with Gasteiger partial charge in [-0.15, -0.1) is 0 Å². The molecular weight excluding hydrogens is 460 g/mol. The number of pyridine rings is 1. The third-order valence-electron chi connectivity index (χ3n) is 4.87. The van der Waals surface area contributed by atoms with E-state index in [1.807, 2.05) is 0 Å². The maximum Gasteiger partial charge on any atom is 0.339 e. The summed E-state index contributed by atoms with van der Waals surface area (Å²) in [5, 5.41) is 14.3. The summed E-state index contributed by atoms with van der Waals surface area (Å²) in [5.74, 6) is -0.790. The highest BCUT2D eigenvalue weighted by molar-refractivity contribution is 7.22. The molecule has 3 aromatic heterocycles. The van der Waals surface area contributed by atoms with E-state index in [-0.39, 0.29) is 16.4 Å². The number of amides is 1. The minimum Gasteiger partial charge on any atom is -0.463 e. The zero-order chi connectivity index (χ0) is 23.7. The SMILES string of the molecule is O=C(COC(=O)c1cc(-c2ccco2)nc2ccccc12)Nc1nc2ccc([N+](=O)[O-])cc2s1. The molecule has 1 N–H and O–H groups in total. The van der Waals surface area contributed by atoms with E-state index >= 15 is 0 Å². The van der Waals surface area contributed by atoms with Gasteiger partial charge in [-0.2, -0.15) is 0 Å². The molecule has 0 aliphatic rings. The van der Waals surface area contributed by atoms with E-state index in [4.69, 9.17) is 9.15 Å². The monoisotopic (exact) mass is 474 g/mol. The Morgan fingerprint density at radius 3 is 2.71 bits per heavy atom. The molecule has 5 aromatic rings. The zero-order valence-electron chi connectivity index (χ0n) is 17.3. The standard InChI is InChI=1S/C23H14N4O6S/c28-21(26-23-25-17-8-7-13(27(30)31)10-20(17)34-23)12-33-22(29)15-11-18(19-6-3-9-32-19)24-16-5-2-1-4-14(15)16/h1-11H,12H2,(H,25,26,28). The van der Waals surface area contributed by atoms with Gasteiger partial charge in [0, 0.05) is 17.5 Å². The van der Waals surface area contributed by atoms with Crippen molar-refractivity contribution in [2.24, 2.45) is 0 Å². The van der Waals surface area contributed by atoms with E-state index in [1.165, 1.54) is 24.5 Å². The van der Waals surface area contributed by atoms with Crippen molar-refractivity contribution >= 4 is 55.2 Å². The first kappa shape index (κ1) is 21.2. The van der Waals surface area contributed by atoms with Gasteiger partial charge in [0.15, 0.2) is 17.5 Å². The van der Waals surface area contributed by atoms with Gasteiger partial charge in [-0.25, -0.2) is 14.8 Å². The van der Waals surface area contributed by atoms with E-state index in [2.05, 4.69) is 15.3 Å². The highest BCUT2D eigenvalue weighted by Crippen LogP contribution is 2.29. The number of carbonyl (C=O) groups excluding carboxylic acids is 2. The van der Waals surface area contributed by atoms with Gasteiger partial charge in [-0.3, -0.25) is 20.2 Å². The van der Waals surface area contributed by atoms with Gasteiger partial charge in [0.1, 0.15) is 5.69 Å². The molecule has 0 aliphatic heterocycles. The van der Waals surface area contributed by atoms with Crippen LogP contribution in [0.3, 0.4) is 0 Å². The second kappa shape index (κ2) is 8.71. The fraction of sp³-hybridized carbons (Fsp3) is 0.0435. The van der Waals surface area contributed by atoms with Crippen LogP contribution in [-0.4, -0.2) is 33.4 Å². The molecular formula is C23H14N4O6S. The molecule has 3 heterocycles. The Kier molecular flexibility index (Phi) is 5.44. The van der Waals surface area contributed by atoms with E-state index in [0.29, 0.717) is 32.6 Å². The number of aromatic nitrogens is 2. The fourth-order valence-electron chi connectivity index (χ4n) is 3.34. The van der Waals surface area contributed by atoms with Crippen molar-refractivity contribution in [3.63, 3.8) is 0 Å². The molecule has 0 saturated heterocycles. The molecule has 168 valence electrons. The number of non-ortho nitro benzene ring substituents is 1. The van der Waals surface area contributed by atoms with Gasteiger partial charge in [-0.05, 0) is 30.3 Å². The largest absolute Gasteiger partial charge is 0.463 e. The lowest BCUT2D eigenvalue weighted by molar-refractivity contribution is -0.384. The molecule has 11 heteroatoms. The summed E-state index contributed by atoms with van der Waals surface area (Å²) in [6.07, 6.45) is 1.51. The number of esters is 1. The number of nitrogens with zero attached hydrogens (tertiary/aromatic N) is 3. The third-order valence-corrected chi connectivity index (χ3v) is 5.81. The summed E-state index contributed by atoms with van der Waals surface area (Å²) in [5.41, 5.74) is 1.73. The molecule has 0 atom stereocenters. The van der Waals surface area contributed by atoms with E-state index < -0.39 is 23.4 Å². The molecule has 0 aliphatic carbocycles. The number of rotatable bonds is 6. The predicted molar refractivity (Wildman–Crippen MR) is 125 cm³/mol. The number of benzene rings is 2. The Bertz CT molecular complexity index is 1560. The number of carbonyl (C=O) groups is 2. The van der Waals surface area contributed by atoms with Crippen molar-refractivity contribution in [2.75, 3.05) is 11.9 Å². The highest BCUT2D eigenvalue weighted by atomic mass is 32.1. The summed E-state index contributed by atoms with van der Waals surface area (Å²) >= 11 is 1.08. The van der Waals surface area contributed by atoms with Gasteiger partial charge in [0.05, 0.1) is 32.5 Å². The molecule has 1 amide bonds. The lowest BCUT2D eigenvalue weighted by Crippen LogP contribution is -2.21. The topological polar surface area (TPSA) is 137 Å². The molecule has 0 bridgehead atoms. The second-order valence-electron chi connectivity index (χ2n) is 7.10. The van der Waals surface area contributed by atoms with E-state index in [0.717, 1.165) is 11.3 Å². The molecule has 34 heavy (non-hydrogen) atoms. The van der Waals surface area contributed by atoms with Gasteiger partial charge in [-0.1, -0.05) is 29.5 Å². The van der Waals surface area contributed by atoms with Crippen LogP contribution in [0.4, 0.5) is 10.8 Å². The molecule has 0 saturated carbocycles. The molecule has 0 radical (unpaired) electrons. The quantitative estimate of drug-likeness (QED) is 0.210. The zero-order valence-corrected chi connectivity index (χ0v) is 18.1. The Labute approximate surface area is 195 Å². The first-order valence-electron chi connectivity index (χ1n) is 9.93. The van der Waals surface area contributed by atoms with Crippen LogP contribution in [0.15, 0.2) is 71.3 Å². The van der Waals surface area contributed by atoms with Crippen LogP contribution in [0.25, 0.3) is 32.6 Å². The lowest BCUT2D eigenvalue weighted by atomic mass is 10.1. The van der Waals surface area contributed by atoms with Crippen molar-refractivity contribution in [3.05, 3.63) is 82.6 Å². The van der Waals surface area contributed by atoms with Crippen molar-refractivity contribution < 1.29 is 23.7 Å². The molecule has 2 aromatic carbocycles. The molecule has 5 rings (SSSR count). The van der Waals surface area contributed by atoms with Gasteiger partial charge in [0.25, 0.3) is 11.6 Å². The van der Waals surface area contributed by atoms with Gasteiger partial charge in [0.2, 0.25) is 0 Å². The number of hydrogen-bond acceptors (Lipinski definition) is 9. The van der Waals surface area contributed by atoms with Gasteiger partial charge < -0.3 is 9.15 Å². The van der Waals surface area contributed by atoms with Crippen molar-refractivity contribution in [1.29, 1.82) is 0 Å². The Morgan fingerprint density at radius 1 is 1.06 bits per heavy atom. The van der Waals surface area contributed by atoms with Crippen molar-refractivity contribution in [1.82, 2.24) is 9.97 Å². The van der Waals surface area contributed by atoms with Crippen LogP contribution in [-0.2, 0) is 9.53 Å². The number of anilines is 1. The molecule has 0 spiro atoms. The Balaban J connectivity index is 1.32. The van der Waals surface area contributed by atoms with Crippen LogP contribution in [0.1, 0.15) is 10.4 Å². The number of hydrogen-bond donors (Lipinski definition) is 1. The third kappa shape index (κ3) is 4.19. The maximum atomic E-state index is 12.8. The van der Waals surface area contributed by atoms with Crippen LogP contribution in [0.5, 0.6) is 0 Å². The fourth-order valence-corrected chi connectivity index (χ4v) is 4.25.